The third-order valence-electron chi connectivity index (χ3n) is 8.61. The van der Waals surface area contributed by atoms with E-state index in [1.807, 2.05) is 0 Å². The normalized spacial score (nSPS) is 12.2. The fourth-order valence-electron chi connectivity index (χ4n) is 6.18. The Kier molecular flexibility index (Phi) is 31.6. The molecule has 0 saturated carbocycles. The molecule has 0 unspecified atom stereocenters. The SMILES string of the molecule is CCCCCCCCCCCCCCCCCCCCCCCCCCCCCCCC[Si](C)(C)O[Si](C)C. The molecule has 0 N–H and O–H groups in total. The molecule has 0 heterocycles. The third kappa shape index (κ3) is 34.5. The Bertz CT molecular complexity index is 451. The van der Waals surface area contributed by atoms with Crippen molar-refractivity contribution < 1.29 is 4.12 Å². The van der Waals surface area contributed by atoms with Gasteiger partial charge in [0.2, 0.25) is 0 Å². The van der Waals surface area contributed by atoms with Crippen molar-refractivity contribution in [3.8, 4) is 0 Å². The average Bonchev–Trinajstić information content (AvgIpc) is 2.89. The fourth-order valence-corrected chi connectivity index (χ4v) is 12.1. The first-order chi connectivity index (χ1) is 19.0. The second-order valence-corrected chi connectivity index (χ2v) is 20.4. The predicted molar refractivity (Wildman–Crippen MR) is 185 cm³/mol. The molecule has 0 aliphatic carbocycles. The maximum Gasteiger partial charge on any atom is 0.191 e. The van der Waals surface area contributed by atoms with Gasteiger partial charge in [-0.25, -0.2) is 0 Å². The second kappa shape index (κ2) is 31.3. The molecule has 0 fully saturated rings. The minimum Gasteiger partial charge on any atom is -0.456 e. The van der Waals surface area contributed by atoms with E-state index in [4.69, 9.17) is 4.12 Å². The maximum atomic E-state index is 6.24. The monoisotopic (exact) mass is 582 g/mol. The zero-order valence-electron chi connectivity index (χ0n) is 28.3. The lowest BCUT2D eigenvalue weighted by atomic mass is 10.0. The van der Waals surface area contributed by atoms with Crippen LogP contribution in [0.4, 0.5) is 0 Å². The number of hydrogen-bond donors (Lipinski definition) is 0. The van der Waals surface area contributed by atoms with Crippen molar-refractivity contribution in [1.82, 2.24) is 0 Å². The van der Waals surface area contributed by atoms with Crippen LogP contribution in [0.1, 0.15) is 200 Å². The highest BCUT2D eigenvalue weighted by atomic mass is 28.4. The molecule has 0 spiro atoms. The van der Waals surface area contributed by atoms with Crippen LogP contribution < -0.4 is 0 Å². The van der Waals surface area contributed by atoms with Gasteiger partial charge >= 0.3 is 0 Å². The van der Waals surface area contributed by atoms with Crippen LogP contribution in [0.25, 0.3) is 0 Å². The molecule has 0 atom stereocenters. The summed E-state index contributed by atoms with van der Waals surface area (Å²) in [5, 5.41) is 0. The molecule has 0 amide bonds. The summed E-state index contributed by atoms with van der Waals surface area (Å²) in [7, 11) is -1.85. The van der Waals surface area contributed by atoms with Gasteiger partial charge in [0, 0.05) is 0 Å². The lowest BCUT2D eigenvalue weighted by Gasteiger charge is -2.25. The molecule has 0 bridgehead atoms. The van der Waals surface area contributed by atoms with E-state index in [1.165, 1.54) is 199 Å². The minimum atomic E-state index is -1.34. The second-order valence-electron chi connectivity index (χ2n) is 13.8. The highest BCUT2D eigenvalue weighted by molar-refractivity contribution is 6.77. The highest BCUT2D eigenvalue weighted by Gasteiger charge is 2.22. The lowest BCUT2D eigenvalue weighted by molar-refractivity contribution is 0.512. The van der Waals surface area contributed by atoms with E-state index in [-0.39, 0.29) is 0 Å². The fraction of sp³-hybridized carbons (Fsp3) is 1.00. The summed E-state index contributed by atoms with van der Waals surface area (Å²) >= 11 is 0. The number of hydrogen-bond acceptors (Lipinski definition) is 1. The van der Waals surface area contributed by atoms with Gasteiger partial charge in [-0.3, -0.25) is 0 Å². The first-order valence-corrected chi connectivity index (χ1v) is 24.0. The van der Waals surface area contributed by atoms with Crippen LogP contribution >= 0.6 is 0 Å². The molecule has 1 nitrogen and oxygen atoms in total. The Morgan fingerprint density at radius 1 is 0.359 bits per heavy atom. The Morgan fingerprint density at radius 3 is 0.769 bits per heavy atom. The molecular weight excluding hydrogens is 505 g/mol. The molecule has 0 aromatic heterocycles. The van der Waals surface area contributed by atoms with Crippen molar-refractivity contribution in [3.63, 3.8) is 0 Å². The van der Waals surface area contributed by atoms with Crippen LogP contribution in [0.3, 0.4) is 0 Å². The summed E-state index contributed by atoms with van der Waals surface area (Å²) in [5.41, 5.74) is 0. The van der Waals surface area contributed by atoms with Gasteiger partial charge < -0.3 is 4.12 Å². The summed E-state index contributed by atoms with van der Waals surface area (Å²) in [6, 6.07) is 1.36. The quantitative estimate of drug-likeness (QED) is 0.0553. The van der Waals surface area contributed by atoms with E-state index in [1.54, 1.807) is 0 Å². The Balaban J connectivity index is 3.10. The smallest absolute Gasteiger partial charge is 0.191 e. The summed E-state index contributed by atoms with van der Waals surface area (Å²) in [6.45, 7) is 11.7. The molecule has 0 aromatic rings. The Hall–Kier alpha value is 0.394. The maximum absolute atomic E-state index is 6.24. The van der Waals surface area contributed by atoms with Crippen LogP contribution in [-0.2, 0) is 4.12 Å². The van der Waals surface area contributed by atoms with Crippen molar-refractivity contribution >= 4 is 17.4 Å². The zero-order chi connectivity index (χ0) is 28.7. The molecule has 0 aliphatic rings. The summed E-state index contributed by atoms with van der Waals surface area (Å²) in [4.78, 5) is 0. The van der Waals surface area contributed by atoms with Gasteiger partial charge in [0.25, 0.3) is 0 Å². The van der Waals surface area contributed by atoms with E-state index >= 15 is 0 Å². The van der Waals surface area contributed by atoms with Crippen molar-refractivity contribution in [3.05, 3.63) is 0 Å². The van der Waals surface area contributed by atoms with Crippen molar-refractivity contribution in [2.75, 3.05) is 0 Å². The van der Waals surface area contributed by atoms with Crippen LogP contribution in [-0.4, -0.2) is 17.4 Å². The van der Waals surface area contributed by atoms with Crippen LogP contribution in [0.2, 0.25) is 32.2 Å². The molecule has 0 rings (SSSR count). The molecule has 3 heteroatoms. The van der Waals surface area contributed by atoms with Gasteiger partial charge in [-0.05, 0) is 32.2 Å². The number of rotatable bonds is 33. The molecule has 235 valence electrons. The largest absolute Gasteiger partial charge is 0.456 e. The molecular formula is C36H77OSi2. The highest BCUT2D eigenvalue weighted by Crippen LogP contribution is 2.19. The first kappa shape index (κ1) is 39.4. The van der Waals surface area contributed by atoms with Gasteiger partial charge in [-0.2, -0.15) is 0 Å². The van der Waals surface area contributed by atoms with Crippen molar-refractivity contribution in [2.45, 2.75) is 232 Å². The van der Waals surface area contributed by atoms with Gasteiger partial charge in [0.05, 0.1) is 0 Å². The molecule has 0 aliphatic heterocycles. The number of unbranched alkanes of at least 4 members (excludes halogenated alkanes) is 29. The standard InChI is InChI=1S/C36H77OSi2/c1-6-7-8-9-10-11-12-13-14-15-16-17-18-19-20-21-22-23-24-25-26-27-28-29-30-31-32-33-34-35-36-39(4,5)37-38(2)3/h6-36H2,1-5H3. The van der Waals surface area contributed by atoms with Gasteiger partial charge in [0.1, 0.15) is 0 Å². The molecule has 0 aromatic carbocycles. The summed E-state index contributed by atoms with van der Waals surface area (Å²) < 4.78 is 6.24. The van der Waals surface area contributed by atoms with E-state index < -0.39 is 17.4 Å². The van der Waals surface area contributed by atoms with Gasteiger partial charge in [0.15, 0.2) is 17.4 Å². The molecule has 0 saturated heterocycles. The summed E-state index contributed by atoms with van der Waals surface area (Å²) in [6.07, 6.45) is 44.2. The predicted octanol–water partition coefficient (Wildman–Crippen LogP) is 14.2. The first-order valence-electron chi connectivity index (χ1n) is 18.5. The molecule has 39 heavy (non-hydrogen) atoms. The zero-order valence-corrected chi connectivity index (χ0v) is 30.3. The Morgan fingerprint density at radius 2 is 0.564 bits per heavy atom. The van der Waals surface area contributed by atoms with Crippen molar-refractivity contribution in [1.29, 1.82) is 0 Å². The van der Waals surface area contributed by atoms with Gasteiger partial charge in [-0.1, -0.05) is 200 Å². The van der Waals surface area contributed by atoms with Gasteiger partial charge in [-0.15, -0.1) is 0 Å². The van der Waals surface area contributed by atoms with Crippen LogP contribution in [0, 0.1) is 0 Å². The van der Waals surface area contributed by atoms with E-state index in [2.05, 4.69) is 33.1 Å². The van der Waals surface area contributed by atoms with E-state index in [9.17, 15) is 0 Å². The van der Waals surface area contributed by atoms with E-state index in [0.29, 0.717) is 0 Å². The lowest BCUT2D eigenvalue weighted by Crippen LogP contribution is -2.34. The topological polar surface area (TPSA) is 9.23 Å². The minimum absolute atomic E-state index is 0.510. The summed E-state index contributed by atoms with van der Waals surface area (Å²) in [5.74, 6) is 0. The van der Waals surface area contributed by atoms with Crippen LogP contribution in [0.15, 0.2) is 0 Å². The van der Waals surface area contributed by atoms with E-state index in [0.717, 1.165) is 0 Å². The Labute approximate surface area is 252 Å². The van der Waals surface area contributed by atoms with Crippen molar-refractivity contribution in [2.24, 2.45) is 0 Å². The van der Waals surface area contributed by atoms with Crippen LogP contribution in [0.5, 0.6) is 0 Å². The molecule has 1 radical (unpaired) electrons. The average molecular weight is 582 g/mol. The third-order valence-corrected chi connectivity index (χ3v) is 14.0.